The summed E-state index contributed by atoms with van der Waals surface area (Å²) in [5.41, 5.74) is 1.15. The molecule has 0 aliphatic carbocycles. The molecular weight excluding hydrogens is 312 g/mol. The standard InChI is InChI=1S/C16H18N4O4/c1-11-10-19(17-15(11)20(22)23)13-7-5-9-18(16(13)21)12-6-3-4-8-14(12)24-2/h3-4,6,8,10,13H,5,7,9H2,1-2H3. The number of hydrogen-bond acceptors (Lipinski definition) is 5. The Hall–Kier alpha value is -2.90. The predicted molar refractivity (Wildman–Crippen MR) is 87.2 cm³/mol. The van der Waals surface area contributed by atoms with Crippen LogP contribution in [0, 0.1) is 17.0 Å². The van der Waals surface area contributed by atoms with E-state index >= 15 is 0 Å². The van der Waals surface area contributed by atoms with E-state index in [2.05, 4.69) is 5.10 Å². The number of aromatic nitrogens is 2. The molecule has 0 radical (unpaired) electrons. The average Bonchev–Trinajstić information content (AvgIpc) is 2.97. The Balaban J connectivity index is 1.93. The summed E-state index contributed by atoms with van der Waals surface area (Å²) < 4.78 is 6.75. The molecule has 3 rings (SSSR count). The molecule has 8 nitrogen and oxygen atoms in total. The molecule has 0 spiro atoms. The maximum Gasteiger partial charge on any atom is 0.392 e. The number of nitrogens with zero attached hydrogens (tertiary/aromatic N) is 4. The van der Waals surface area contributed by atoms with E-state index in [-0.39, 0.29) is 11.7 Å². The first-order chi connectivity index (χ1) is 11.5. The van der Waals surface area contributed by atoms with Crippen LogP contribution in [0.2, 0.25) is 0 Å². The van der Waals surface area contributed by atoms with E-state index in [0.717, 1.165) is 6.42 Å². The van der Waals surface area contributed by atoms with E-state index in [1.165, 1.54) is 4.68 Å². The first-order valence-corrected chi connectivity index (χ1v) is 7.67. The van der Waals surface area contributed by atoms with E-state index in [1.54, 1.807) is 31.2 Å². The SMILES string of the molecule is COc1ccccc1N1CCCC(n2cc(C)c([N+](=O)[O-])n2)C1=O. The van der Waals surface area contributed by atoms with Crippen LogP contribution in [0.3, 0.4) is 0 Å². The van der Waals surface area contributed by atoms with Gasteiger partial charge in [0, 0.05) is 6.54 Å². The number of para-hydroxylation sites is 2. The third-order valence-electron chi connectivity index (χ3n) is 4.17. The van der Waals surface area contributed by atoms with Crippen molar-refractivity contribution >= 4 is 17.4 Å². The third-order valence-corrected chi connectivity index (χ3v) is 4.17. The molecule has 1 aromatic heterocycles. The fraction of sp³-hybridized carbons (Fsp3) is 0.375. The monoisotopic (exact) mass is 330 g/mol. The number of ether oxygens (including phenoxy) is 1. The van der Waals surface area contributed by atoms with Crippen LogP contribution in [-0.2, 0) is 4.79 Å². The molecule has 8 heteroatoms. The highest BCUT2D eigenvalue weighted by Crippen LogP contribution is 2.34. The van der Waals surface area contributed by atoms with Crippen LogP contribution >= 0.6 is 0 Å². The van der Waals surface area contributed by atoms with Crippen molar-refractivity contribution in [2.75, 3.05) is 18.6 Å². The number of carbonyl (C=O) groups excluding carboxylic acids is 1. The number of piperidine rings is 1. The molecule has 2 aromatic rings. The van der Waals surface area contributed by atoms with Gasteiger partial charge >= 0.3 is 5.82 Å². The third kappa shape index (κ3) is 2.70. The molecule has 1 aromatic carbocycles. The van der Waals surface area contributed by atoms with Crippen LogP contribution in [0.1, 0.15) is 24.4 Å². The minimum absolute atomic E-state index is 0.136. The van der Waals surface area contributed by atoms with Gasteiger partial charge in [0.2, 0.25) is 0 Å². The zero-order valence-corrected chi connectivity index (χ0v) is 13.5. The number of rotatable bonds is 4. The molecule has 1 fully saturated rings. The lowest BCUT2D eigenvalue weighted by Gasteiger charge is -2.32. The Morgan fingerprint density at radius 2 is 2.12 bits per heavy atom. The van der Waals surface area contributed by atoms with Crippen molar-refractivity contribution in [3.8, 4) is 5.75 Å². The Kier molecular flexibility index (Phi) is 4.20. The number of amides is 1. The summed E-state index contributed by atoms with van der Waals surface area (Å²) in [4.78, 5) is 25.0. The van der Waals surface area contributed by atoms with Gasteiger partial charge in [-0.15, -0.1) is 0 Å². The molecule has 1 aliphatic rings. The van der Waals surface area contributed by atoms with Crippen LogP contribution in [0.5, 0.6) is 5.75 Å². The van der Waals surface area contributed by atoms with Gasteiger partial charge in [-0.2, -0.15) is 4.68 Å². The number of nitro groups is 1. The number of benzene rings is 1. The fourth-order valence-electron chi connectivity index (χ4n) is 3.01. The molecule has 0 N–H and O–H groups in total. The summed E-state index contributed by atoms with van der Waals surface area (Å²) >= 11 is 0. The summed E-state index contributed by atoms with van der Waals surface area (Å²) in [6, 6.07) is 6.77. The van der Waals surface area contributed by atoms with E-state index in [1.807, 2.05) is 18.2 Å². The largest absolute Gasteiger partial charge is 0.495 e. The highest BCUT2D eigenvalue weighted by Gasteiger charge is 2.35. The van der Waals surface area contributed by atoms with Gasteiger partial charge in [-0.3, -0.25) is 4.79 Å². The maximum absolute atomic E-state index is 12.9. The molecule has 1 atom stereocenters. The van der Waals surface area contributed by atoms with Gasteiger partial charge in [0.25, 0.3) is 5.91 Å². The van der Waals surface area contributed by atoms with Crippen molar-refractivity contribution in [3.63, 3.8) is 0 Å². The summed E-state index contributed by atoms with van der Waals surface area (Å²) in [6.07, 6.45) is 2.94. The molecule has 1 aliphatic heterocycles. The van der Waals surface area contributed by atoms with Crippen molar-refractivity contribution in [1.82, 2.24) is 9.78 Å². The van der Waals surface area contributed by atoms with Gasteiger partial charge in [-0.05, 0) is 36.8 Å². The summed E-state index contributed by atoms with van der Waals surface area (Å²) in [5, 5.41) is 15.0. The molecule has 126 valence electrons. The quantitative estimate of drug-likeness (QED) is 0.634. The van der Waals surface area contributed by atoms with Gasteiger partial charge in [0.05, 0.1) is 29.7 Å². The van der Waals surface area contributed by atoms with Crippen molar-refractivity contribution in [2.45, 2.75) is 25.8 Å². The predicted octanol–water partition coefficient (Wildman–Crippen LogP) is 2.48. The molecule has 1 saturated heterocycles. The zero-order chi connectivity index (χ0) is 17.3. The van der Waals surface area contributed by atoms with Gasteiger partial charge in [-0.1, -0.05) is 12.1 Å². The summed E-state index contributed by atoms with van der Waals surface area (Å²) in [6.45, 7) is 2.20. The van der Waals surface area contributed by atoms with Gasteiger partial charge in [0.1, 0.15) is 5.75 Å². The Labute approximate surface area is 138 Å². The molecule has 1 amide bonds. The maximum atomic E-state index is 12.9. The van der Waals surface area contributed by atoms with Crippen LogP contribution < -0.4 is 9.64 Å². The topological polar surface area (TPSA) is 90.5 Å². The first-order valence-electron chi connectivity index (χ1n) is 7.67. The average molecular weight is 330 g/mol. The summed E-state index contributed by atoms with van der Waals surface area (Å²) in [5.74, 6) is 0.273. The van der Waals surface area contributed by atoms with Crippen LogP contribution in [0.25, 0.3) is 0 Å². The van der Waals surface area contributed by atoms with Crippen molar-refractivity contribution < 1.29 is 14.5 Å². The lowest BCUT2D eigenvalue weighted by Crippen LogP contribution is -2.42. The second kappa shape index (κ2) is 6.31. The van der Waals surface area contributed by atoms with E-state index < -0.39 is 11.0 Å². The number of carbonyl (C=O) groups is 1. The lowest BCUT2D eigenvalue weighted by molar-refractivity contribution is -0.390. The number of anilines is 1. The minimum Gasteiger partial charge on any atom is -0.495 e. The Bertz CT molecular complexity index is 786. The first kappa shape index (κ1) is 16.0. The number of hydrogen-bond donors (Lipinski definition) is 0. The molecule has 0 bridgehead atoms. The van der Waals surface area contributed by atoms with Gasteiger partial charge in [0.15, 0.2) is 6.04 Å². The van der Waals surface area contributed by atoms with Gasteiger partial charge < -0.3 is 19.8 Å². The fourth-order valence-corrected chi connectivity index (χ4v) is 3.01. The number of methoxy groups -OCH3 is 1. The molecule has 0 saturated carbocycles. The van der Waals surface area contributed by atoms with E-state index in [9.17, 15) is 14.9 Å². The molecular formula is C16H18N4O4. The van der Waals surface area contributed by atoms with Gasteiger partial charge in [-0.25, -0.2) is 0 Å². The highest BCUT2D eigenvalue weighted by atomic mass is 16.6. The zero-order valence-electron chi connectivity index (χ0n) is 13.5. The highest BCUT2D eigenvalue weighted by molar-refractivity contribution is 5.98. The summed E-state index contributed by atoms with van der Waals surface area (Å²) in [7, 11) is 1.56. The van der Waals surface area contributed by atoms with E-state index in [0.29, 0.717) is 30.0 Å². The molecule has 1 unspecified atom stereocenters. The van der Waals surface area contributed by atoms with Crippen LogP contribution in [0.15, 0.2) is 30.5 Å². The molecule has 2 heterocycles. The Morgan fingerprint density at radius 1 is 1.38 bits per heavy atom. The Morgan fingerprint density at radius 3 is 2.79 bits per heavy atom. The lowest BCUT2D eigenvalue weighted by atomic mass is 10.0. The van der Waals surface area contributed by atoms with Crippen LogP contribution in [-0.4, -0.2) is 34.3 Å². The normalized spacial score (nSPS) is 17.8. The second-order valence-electron chi connectivity index (χ2n) is 5.69. The van der Waals surface area contributed by atoms with Crippen molar-refractivity contribution in [1.29, 1.82) is 0 Å². The molecule has 24 heavy (non-hydrogen) atoms. The van der Waals surface area contributed by atoms with Crippen molar-refractivity contribution in [2.24, 2.45) is 0 Å². The second-order valence-corrected chi connectivity index (χ2v) is 5.69. The van der Waals surface area contributed by atoms with Crippen LogP contribution in [0.4, 0.5) is 11.5 Å². The minimum atomic E-state index is -0.545. The number of aryl methyl sites for hydroxylation is 1. The smallest absolute Gasteiger partial charge is 0.392 e. The van der Waals surface area contributed by atoms with E-state index in [4.69, 9.17) is 4.74 Å². The van der Waals surface area contributed by atoms with Crippen molar-refractivity contribution in [3.05, 3.63) is 46.1 Å².